The number of hydrogen-bond acceptors (Lipinski definition) is 8. The second-order valence-corrected chi connectivity index (χ2v) is 8.00. The van der Waals surface area contributed by atoms with Gasteiger partial charge in [-0.25, -0.2) is 0 Å². The Hall–Kier alpha value is -2.78. The van der Waals surface area contributed by atoms with Crippen LogP contribution in [0.25, 0.3) is 0 Å². The predicted molar refractivity (Wildman–Crippen MR) is 113 cm³/mol. The first-order valence-corrected chi connectivity index (χ1v) is 10.2. The van der Waals surface area contributed by atoms with Gasteiger partial charge in [0.15, 0.2) is 4.34 Å². The van der Waals surface area contributed by atoms with E-state index in [1.807, 2.05) is 31.2 Å². The van der Waals surface area contributed by atoms with Crippen molar-refractivity contribution >= 4 is 45.5 Å². The number of carbonyl (C=O) groups excluding carboxylic acids is 1. The standard InChI is InChI=1S/C19H20N4O3S2/c1-12-4-6-13(7-5-12)21-18-22-23-19(28-18)27-11-17(24)20-14-8-15(25-2)10-16(9-14)26-3/h4-10H,11H2,1-3H3,(H,20,24)(H,21,22). The van der Waals surface area contributed by atoms with E-state index in [0.29, 0.717) is 26.7 Å². The van der Waals surface area contributed by atoms with Crippen LogP contribution in [0.1, 0.15) is 5.56 Å². The summed E-state index contributed by atoms with van der Waals surface area (Å²) in [7, 11) is 3.13. The smallest absolute Gasteiger partial charge is 0.234 e. The zero-order valence-corrected chi connectivity index (χ0v) is 17.3. The molecule has 0 bridgehead atoms. The van der Waals surface area contributed by atoms with E-state index < -0.39 is 0 Å². The maximum absolute atomic E-state index is 12.2. The van der Waals surface area contributed by atoms with E-state index >= 15 is 0 Å². The molecule has 1 aromatic heterocycles. The summed E-state index contributed by atoms with van der Waals surface area (Å²) in [4.78, 5) is 12.2. The molecule has 28 heavy (non-hydrogen) atoms. The number of anilines is 3. The fourth-order valence-corrected chi connectivity index (χ4v) is 3.86. The summed E-state index contributed by atoms with van der Waals surface area (Å²) in [5, 5.41) is 15.0. The van der Waals surface area contributed by atoms with Gasteiger partial charge in [-0.3, -0.25) is 4.79 Å². The third kappa shape index (κ3) is 5.61. The fourth-order valence-electron chi connectivity index (χ4n) is 2.28. The number of methoxy groups -OCH3 is 2. The third-order valence-corrected chi connectivity index (χ3v) is 5.64. The molecule has 0 saturated carbocycles. The molecule has 1 amide bonds. The normalized spacial score (nSPS) is 10.4. The Kier molecular flexibility index (Phi) is 6.72. The van der Waals surface area contributed by atoms with Crippen molar-refractivity contribution in [1.82, 2.24) is 10.2 Å². The zero-order chi connectivity index (χ0) is 19.9. The highest BCUT2D eigenvalue weighted by atomic mass is 32.2. The molecule has 1 heterocycles. The number of nitrogens with zero attached hydrogens (tertiary/aromatic N) is 2. The van der Waals surface area contributed by atoms with Gasteiger partial charge in [-0.05, 0) is 19.1 Å². The lowest BCUT2D eigenvalue weighted by Crippen LogP contribution is -2.14. The highest BCUT2D eigenvalue weighted by Gasteiger charge is 2.10. The van der Waals surface area contributed by atoms with Gasteiger partial charge in [0.2, 0.25) is 11.0 Å². The van der Waals surface area contributed by atoms with Crippen molar-refractivity contribution in [1.29, 1.82) is 0 Å². The van der Waals surface area contributed by atoms with Crippen LogP contribution < -0.4 is 20.1 Å². The van der Waals surface area contributed by atoms with Crippen LogP contribution in [0.2, 0.25) is 0 Å². The van der Waals surface area contributed by atoms with Crippen molar-refractivity contribution in [3.8, 4) is 11.5 Å². The van der Waals surface area contributed by atoms with E-state index in [4.69, 9.17) is 9.47 Å². The molecule has 0 atom stereocenters. The molecule has 0 aliphatic rings. The van der Waals surface area contributed by atoms with Crippen LogP contribution in [0.3, 0.4) is 0 Å². The molecule has 0 aliphatic carbocycles. The van der Waals surface area contributed by atoms with Gasteiger partial charge in [-0.1, -0.05) is 40.8 Å². The summed E-state index contributed by atoms with van der Waals surface area (Å²) in [6.45, 7) is 2.04. The van der Waals surface area contributed by atoms with Gasteiger partial charge >= 0.3 is 0 Å². The average Bonchev–Trinajstić information content (AvgIpc) is 3.15. The van der Waals surface area contributed by atoms with Crippen LogP contribution in [-0.2, 0) is 4.79 Å². The second kappa shape index (κ2) is 9.43. The number of benzene rings is 2. The number of thioether (sulfide) groups is 1. The Morgan fingerprint density at radius 1 is 1.04 bits per heavy atom. The molecule has 146 valence electrons. The number of nitrogens with one attached hydrogen (secondary N) is 2. The highest BCUT2D eigenvalue weighted by molar-refractivity contribution is 8.01. The van der Waals surface area contributed by atoms with Gasteiger partial charge < -0.3 is 20.1 Å². The summed E-state index contributed by atoms with van der Waals surface area (Å²) < 4.78 is 11.1. The first-order chi connectivity index (χ1) is 13.6. The SMILES string of the molecule is COc1cc(NC(=O)CSc2nnc(Nc3ccc(C)cc3)s2)cc(OC)c1. The minimum atomic E-state index is -0.149. The molecule has 3 aromatic rings. The molecular formula is C19H20N4O3S2. The van der Waals surface area contributed by atoms with Gasteiger partial charge in [0.25, 0.3) is 0 Å². The Morgan fingerprint density at radius 3 is 2.36 bits per heavy atom. The molecule has 0 spiro atoms. The van der Waals surface area contributed by atoms with Crippen LogP contribution in [-0.4, -0.2) is 36.1 Å². The molecule has 0 saturated heterocycles. The number of rotatable bonds is 8. The van der Waals surface area contributed by atoms with Crippen LogP contribution in [0.5, 0.6) is 11.5 Å². The predicted octanol–water partition coefficient (Wildman–Crippen LogP) is 4.34. The zero-order valence-electron chi connectivity index (χ0n) is 15.7. The molecule has 9 heteroatoms. The Labute approximate surface area is 171 Å². The number of ether oxygens (including phenoxy) is 2. The number of carbonyl (C=O) groups is 1. The van der Waals surface area contributed by atoms with Gasteiger partial charge in [-0.2, -0.15) is 0 Å². The van der Waals surface area contributed by atoms with Gasteiger partial charge in [0.05, 0.1) is 20.0 Å². The average molecular weight is 417 g/mol. The maximum Gasteiger partial charge on any atom is 0.234 e. The highest BCUT2D eigenvalue weighted by Crippen LogP contribution is 2.29. The van der Waals surface area contributed by atoms with Crippen molar-refractivity contribution in [3.05, 3.63) is 48.0 Å². The summed E-state index contributed by atoms with van der Waals surface area (Å²) in [5.41, 5.74) is 2.75. The van der Waals surface area contributed by atoms with E-state index in [9.17, 15) is 4.79 Å². The molecule has 2 N–H and O–H groups in total. The van der Waals surface area contributed by atoms with E-state index in [-0.39, 0.29) is 11.7 Å². The first kappa shape index (κ1) is 20.0. The number of aromatic nitrogens is 2. The first-order valence-electron chi connectivity index (χ1n) is 8.38. The summed E-state index contributed by atoms with van der Waals surface area (Å²) in [6, 6.07) is 13.2. The molecule has 3 rings (SSSR count). The Bertz CT molecular complexity index is 922. The third-order valence-electron chi connectivity index (χ3n) is 3.67. The quantitative estimate of drug-likeness (QED) is 0.528. The van der Waals surface area contributed by atoms with Crippen molar-refractivity contribution in [3.63, 3.8) is 0 Å². The van der Waals surface area contributed by atoms with Crippen LogP contribution in [0.15, 0.2) is 46.8 Å². The molecule has 0 radical (unpaired) electrons. The topological polar surface area (TPSA) is 85.4 Å². The van der Waals surface area contributed by atoms with Crippen molar-refractivity contribution in [2.75, 3.05) is 30.6 Å². The van der Waals surface area contributed by atoms with E-state index in [1.165, 1.54) is 28.7 Å². The van der Waals surface area contributed by atoms with Crippen molar-refractivity contribution in [2.45, 2.75) is 11.3 Å². The lowest BCUT2D eigenvalue weighted by atomic mass is 10.2. The van der Waals surface area contributed by atoms with Crippen LogP contribution >= 0.6 is 23.1 Å². The summed E-state index contributed by atoms with van der Waals surface area (Å²) in [6.07, 6.45) is 0. The minimum absolute atomic E-state index is 0.149. The largest absolute Gasteiger partial charge is 0.497 e. The molecule has 0 aliphatic heterocycles. The maximum atomic E-state index is 12.2. The van der Waals surface area contributed by atoms with Gasteiger partial charge in [-0.15, -0.1) is 10.2 Å². The van der Waals surface area contributed by atoms with Crippen LogP contribution in [0.4, 0.5) is 16.5 Å². The lowest BCUT2D eigenvalue weighted by molar-refractivity contribution is -0.113. The Balaban J connectivity index is 1.53. The van der Waals surface area contributed by atoms with E-state index in [2.05, 4.69) is 20.8 Å². The number of aryl methyl sites for hydroxylation is 1. The molecule has 2 aromatic carbocycles. The van der Waals surface area contributed by atoms with E-state index in [0.717, 1.165) is 5.69 Å². The minimum Gasteiger partial charge on any atom is -0.497 e. The Morgan fingerprint density at radius 2 is 1.71 bits per heavy atom. The molecular weight excluding hydrogens is 396 g/mol. The number of amides is 1. The second-order valence-electron chi connectivity index (χ2n) is 5.80. The molecule has 0 unspecified atom stereocenters. The number of hydrogen-bond donors (Lipinski definition) is 2. The molecule has 0 fully saturated rings. The van der Waals surface area contributed by atoms with Crippen molar-refractivity contribution < 1.29 is 14.3 Å². The molecule has 7 nitrogen and oxygen atoms in total. The lowest BCUT2D eigenvalue weighted by Gasteiger charge is -2.09. The van der Waals surface area contributed by atoms with Gasteiger partial charge in [0, 0.05) is 29.6 Å². The monoisotopic (exact) mass is 416 g/mol. The summed E-state index contributed by atoms with van der Waals surface area (Å²) in [5.74, 6) is 1.29. The van der Waals surface area contributed by atoms with Crippen molar-refractivity contribution in [2.24, 2.45) is 0 Å². The fraction of sp³-hybridized carbons (Fsp3) is 0.211. The van der Waals surface area contributed by atoms with E-state index in [1.54, 1.807) is 32.4 Å². The van der Waals surface area contributed by atoms with Crippen LogP contribution in [0, 0.1) is 6.92 Å². The summed E-state index contributed by atoms with van der Waals surface area (Å²) >= 11 is 2.73. The van der Waals surface area contributed by atoms with Gasteiger partial charge in [0.1, 0.15) is 11.5 Å².